The zero-order chi connectivity index (χ0) is 17.6. The van der Waals surface area contributed by atoms with Crippen molar-refractivity contribution in [1.82, 2.24) is 15.1 Å². The van der Waals surface area contributed by atoms with Gasteiger partial charge in [0.15, 0.2) is 0 Å². The monoisotopic (exact) mass is 346 g/mol. The van der Waals surface area contributed by atoms with E-state index in [1.807, 2.05) is 6.07 Å². The van der Waals surface area contributed by atoms with E-state index in [1.165, 1.54) is 5.69 Å². The quantitative estimate of drug-likeness (QED) is 0.845. The highest BCUT2D eigenvalue weighted by molar-refractivity contribution is 5.75. The van der Waals surface area contributed by atoms with Crippen molar-refractivity contribution in [2.45, 2.75) is 31.8 Å². The van der Waals surface area contributed by atoms with Gasteiger partial charge in [-0.2, -0.15) is 0 Å². The minimum absolute atomic E-state index is 0.0124. The van der Waals surface area contributed by atoms with Gasteiger partial charge in [-0.05, 0) is 31.9 Å². The Balaban J connectivity index is 1.42. The number of likely N-dealkylation sites (tertiary alicyclic amines) is 1. The summed E-state index contributed by atoms with van der Waals surface area (Å²) >= 11 is 0. The molecule has 0 bridgehead atoms. The number of para-hydroxylation sites is 1. The number of amides is 2. The number of hydrogen-bond acceptors (Lipinski definition) is 4. The van der Waals surface area contributed by atoms with E-state index in [1.54, 1.807) is 4.90 Å². The van der Waals surface area contributed by atoms with Gasteiger partial charge in [-0.25, -0.2) is 4.79 Å². The van der Waals surface area contributed by atoms with Gasteiger partial charge in [0.2, 0.25) is 0 Å². The van der Waals surface area contributed by atoms with Crippen molar-refractivity contribution in [3.05, 3.63) is 30.3 Å². The maximum Gasteiger partial charge on any atom is 0.317 e. The van der Waals surface area contributed by atoms with Crippen LogP contribution in [0.5, 0.6) is 0 Å². The number of nitrogens with one attached hydrogen (secondary N) is 1. The molecule has 2 atom stereocenters. The van der Waals surface area contributed by atoms with E-state index >= 15 is 0 Å². The van der Waals surface area contributed by atoms with Crippen LogP contribution in [0.25, 0.3) is 0 Å². The van der Waals surface area contributed by atoms with Crippen molar-refractivity contribution in [2.24, 2.45) is 0 Å². The van der Waals surface area contributed by atoms with E-state index < -0.39 is 0 Å². The summed E-state index contributed by atoms with van der Waals surface area (Å²) in [7, 11) is 0. The fourth-order valence-electron chi connectivity index (χ4n) is 3.85. The van der Waals surface area contributed by atoms with Crippen LogP contribution in [0.3, 0.4) is 0 Å². The van der Waals surface area contributed by atoms with Crippen LogP contribution in [0.1, 0.15) is 19.8 Å². The second-order valence-corrected chi connectivity index (χ2v) is 7.15. The zero-order valence-corrected chi connectivity index (χ0v) is 15.1. The van der Waals surface area contributed by atoms with Crippen LogP contribution in [0.4, 0.5) is 10.5 Å². The number of anilines is 1. The Labute approximate surface area is 150 Å². The lowest BCUT2D eigenvalue weighted by atomic mass is 10.2. The zero-order valence-electron chi connectivity index (χ0n) is 15.1. The fraction of sp³-hybridized carbons (Fsp3) is 0.632. The molecule has 3 rings (SSSR count). The summed E-state index contributed by atoms with van der Waals surface area (Å²) < 4.78 is 0. The lowest BCUT2D eigenvalue weighted by molar-refractivity contribution is 0.151. The fourth-order valence-corrected chi connectivity index (χ4v) is 3.85. The van der Waals surface area contributed by atoms with Crippen molar-refractivity contribution < 1.29 is 9.90 Å². The van der Waals surface area contributed by atoms with E-state index in [9.17, 15) is 9.90 Å². The molecule has 2 N–H and O–H groups in total. The Kier molecular flexibility index (Phi) is 6.15. The molecule has 2 aliphatic heterocycles. The summed E-state index contributed by atoms with van der Waals surface area (Å²) in [5, 5.41) is 12.5. The van der Waals surface area contributed by atoms with Crippen LogP contribution in [0.2, 0.25) is 0 Å². The van der Waals surface area contributed by atoms with Crippen molar-refractivity contribution in [3.63, 3.8) is 0 Å². The molecule has 2 amide bonds. The number of carbonyl (C=O) groups is 1. The van der Waals surface area contributed by atoms with Gasteiger partial charge in [-0.15, -0.1) is 0 Å². The van der Waals surface area contributed by atoms with Gasteiger partial charge in [0, 0.05) is 51.0 Å². The molecule has 2 saturated heterocycles. The number of rotatable bonds is 5. The average Bonchev–Trinajstić information content (AvgIpc) is 3.12. The molecule has 25 heavy (non-hydrogen) atoms. The van der Waals surface area contributed by atoms with Crippen LogP contribution in [-0.2, 0) is 0 Å². The van der Waals surface area contributed by atoms with Gasteiger partial charge in [0.05, 0.1) is 12.6 Å². The van der Waals surface area contributed by atoms with Crippen molar-refractivity contribution in [3.8, 4) is 0 Å². The standard InChI is InChI=1S/C19H30N4O2/c1-16(20-19(25)23-9-5-8-18(23)15-24)14-21-10-12-22(13-11-21)17-6-3-2-4-7-17/h2-4,6-7,16,18,24H,5,8-15H2,1H3,(H,20,25)/t16?,18-/m1/s1. The summed E-state index contributed by atoms with van der Waals surface area (Å²) in [4.78, 5) is 19.0. The molecule has 1 aromatic rings. The molecule has 6 heteroatoms. The van der Waals surface area contributed by atoms with Crippen molar-refractivity contribution >= 4 is 11.7 Å². The summed E-state index contributed by atoms with van der Waals surface area (Å²) in [6, 6.07) is 10.6. The molecule has 6 nitrogen and oxygen atoms in total. The highest BCUT2D eigenvalue weighted by Crippen LogP contribution is 2.17. The Hall–Kier alpha value is -1.79. The third kappa shape index (κ3) is 4.64. The van der Waals surface area contributed by atoms with Crippen LogP contribution in [-0.4, -0.2) is 78.9 Å². The number of carbonyl (C=O) groups excluding carboxylic acids is 1. The summed E-state index contributed by atoms with van der Waals surface area (Å²) in [5.41, 5.74) is 1.28. The molecular formula is C19H30N4O2. The molecular weight excluding hydrogens is 316 g/mol. The SMILES string of the molecule is CC(CN1CCN(c2ccccc2)CC1)NC(=O)N1CCC[C@@H]1CO. The molecule has 2 heterocycles. The first-order valence-corrected chi connectivity index (χ1v) is 9.37. The molecule has 0 radical (unpaired) electrons. The molecule has 1 aromatic carbocycles. The number of hydrogen-bond donors (Lipinski definition) is 2. The van der Waals surface area contributed by atoms with Crippen molar-refractivity contribution in [1.29, 1.82) is 0 Å². The van der Waals surface area contributed by atoms with Crippen LogP contribution < -0.4 is 10.2 Å². The van der Waals surface area contributed by atoms with Gasteiger partial charge in [-0.3, -0.25) is 4.90 Å². The lowest BCUT2D eigenvalue weighted by Crippen LogP contribution is -2.53. The normalized spacial score (nSPS) is 22.9. The predicted molar refractivity (Wildman–Crippen MR) is 99.9 cm³/mol. The Morgan fingerprint density at radius 2 is 1.92 bits per heavy atom. The Morgan fingerprint density at radius 1 is 1.20 bits per heavy atom. The average molecular weight is 346 g/mol. The molecule has 2 fully saturated rings. The number of nitrogens with zero attached hydrogens (tertiary/aromatic N) is 3. The van der Waals surface area contributed by atoms with Gasteiger partial charge in [-0.1, -0.05) is 18.2 Å². The number of aliphatic hydroxyl groups is 1. The first kappa shape index (κ1) is 18.0. The number of benzene rings is 1. The Bertz CT molecular complexity index is 546. The van der Waals surface area contributed by atoms with Crippen LogP contribution in [0, 0.1) is 0 Å². The van der Waals surface area contributed by atoms with Gasteiger partial charge < -0.3 is 20.2 Å². The minimum Gasteiger partial charge on any atom is -0.394 e. The molecule has 0 aromatic heterocycles. The first-order valence-electron chi connectivity index (χ1n) is 9.37. The third-order valence-electron chi connectivity index (χ3n) is 5.24. The summed E-state index contributed by atoms with van der Waals surface area (Å²) in [5.74, 6) is 0. The van der Waals surface area contributed by atoms with E-state index in [-0.39, 0.29) is 24.7 Å². The summed E-state index contributed by atoms with van der Waals surface area (Å²) in [6.07, 6.45) is 1.88. The predicted octanol–water partition coefficient (Wildman–Crippen LogP) is 1.36. The smallest absolute Gasteiger partial charge is 0.317 e. The molecule has 138 valence electrons. The van der Waals surface area contributed by atoms with Crippen LogP contribution in [0.15, 0.2) is 30.3 Å². The second-order valence-electron chi connectivity index (χ2n) is 7.15. The van der Waals surface area contributed by atoms with Gasteiger partial charge >= 0.3 is 6.03 Å². The highest BCUT2D eigenvalue weighted by Gasteiger charge is 2.29. The van der Waals surface area contributed by atoms with E-state index in [4.69, 9.17) is 0 Å². The van der Waals surface area contributed by atoms with E-state index in [0.717, 1.165) is 52.1 Å². The number of piperazine rings is 1. The van der Waals surface area contributed by atoms with Crippen molar-refractivity contribution in [2.75, 3.05) is 50.8 Å². The molecule has 0 spiro atoms. The molecule has 0 saturated carbocycles. The molecule has 1 unspecified atom stereocenters. The minimum atomic E-state index is -0.0352. The topological polar surface area (TPSA) is 59.0 Å². The van der Waals surface area contributed by atoms with Gasteiger partial charge in [0.25, 0.3) is 0 Å². The maximum absolute atomic E-state index is 12.4. The van der Waals surface area contributed by atoms with Gasteiger partial charge in [0.1, 0.15) is 0 Å². The number of urea groups is 1. The lowest BCUT2D eigenvalue weighted by Gasteiger charge is -2.37. The molecule has 2 aliphatic rings. The van der Waals surface area contributed by atoms with E-state index in [0.29, 0.717) is 0 Å². The van der Waals surface area contributed by atoms with Crippen LogP contribution >= 0.6 is 0 Å². The Morgan fingerprint density at radius 3 is 2.60 bits per heavy atom. The largest absolute Gasteiger partial charge is 0.394 e. The molecule has 0 aliphatic carbocycles. The third-order valence-corrected chi connectivity index (χ3v) is 5.24. The number of aliphatic hydroxyl groups excluding tert-OH is 1. The maximum atomic E-state index is 12.4. The highest BCUT2D eigenvalue weighted by atomic mass is 16.3. The van der Waals surface area contributed by atoms with E-state index in [2.05, 4.69) is 46.3 Å². The first-order chi connectivity index (χ1) is 12.2. The second kappa shape index (κ2) is 8.54. The summed E-state index contributed by atoms with van der Waals surface area (Å²) in [6.45, 7) is 7.79.